The fraction of sp³-hybridized carbons (Fsp3) is 0.333. The van der Waals surface area contributed by atoms with Crippen LogP contribution in [0.2, 0.25) is 0 Å². The van der Waals surface area contributed by atoms with Gasteiger partial charge in [-0.05, 0) is 51.0 Å². The lowest BCUT2D eigenvalue weighted by molar-refractivity contribution is -0.118. The largest absolute Gasteiger partial charge is 0.324 e. The van der Waals surface area contributed by atoms with Gasteiger partial charge in [0.15, 0.2) is 0 Å². The highest BCUT2D eigenvalue weighted by atomic mass is 16.2. The van der Waals surface area contributed by atoms with Crippen LogP contribution < -0.4 is 11.1 Å². The molecule has 20 heavy (non-hydrogen) atoms. The lowest BCUT2D eigenvalue weighted by Crippen LogP contribution is -2.37. The molecule has 1 fully saturated rings. The Labute approximate surface area is 117 Å². The molecule has 5 nitrogen and oxygen atoms in total. The summed E-state index contributed by atoms with van der Waals surface area (Å²) in [6.45, 7) is 4.01. The predicted octanol–water partition coefficient (Wildman–Crippen LogP) is 1.92. The van der Waals surface area contributed by atoms with Crippen LogP contribution in [0.1, 0.15) is 24.2 Å². The summed E-state index contributed by atoms with van der Waals surface area (Å²) < 4.78 is 2.02. The van der Waals surface area contributed by atoms with Crippen molar-refractivity contribution in [3.63, 3.8) is 0 Å². The molecule has 104 valence electrons. The second-order valence-electron chi connectivity index (χ2n) is 5.44. The Balaban J connectivity index is 1.78. The van der Waals surface area contributed by atoms with E-state index in [9.17, 15) is 4.79 Å². The Morgan fingerprint density at radius 1 is 1.30 bits per heavy atom. The Morgan fingerprint density at radius 3 is 2.45 bits per heavy atom. The number of nitrogens with two attached hydrogens (primary N) is 1. The molecule has 3 N–H and O–H groups in total. The van der Waals surface area contributed by atoms with Gasteiger partial charge in [0.1, 0.15) is 0 Å². The molecular formula is C15H18N4O. The number of aryl methyl sites for hydroxylation is 1. The van der Waals surface area contributed by atoms with Crippen molar-refractivity contribution in [2.45, 2.75) is 32.2 Å². The minimum Gasteiger partial charge on any atom is -0.324 e. The number of carbonyl (C=O) groups excluding carboxylic acids is 1. The summed E-state index contributed by atoms with van der Waals surface area (Å²) in [5.41, 5.74) is 9.13. The number of rotatable bonds is 3. The van der Waals surface area contributed by atoms with Gasteiger partial charge in [0.25, 0.3) is 0 Å². The van der Waals surface area contributed by atoms with E-state index < -0.39 is 5.54 Å². The van der Waals surface area contributed by atoms with Crippen LogP contribution in [0.5, 0.6) is 0 Å². The predicted molar refractivity (Wildman–Crippen MR) is 77.8 cm³/mol. The van der Waals surface area contributed by atoms with Gasteiger partial charge in [-0.15, -0.1) is 0 Å². The summed E-state index contributed by atoms with van der Waals surface area (Å²) in [4.78, 5) is 16.1. The lowest BCUT2D eigenvalue weighted by Gasteiger charge is -2.11. The lowest BCUT2D eigenvalue weighted by atomic mass is 10.2. The van der Waals surface area contributed by atoms with Crippen molar-refractivity contribution < 1.29 is 4.79 Å². The van der Waals surface area contributed by atoms with E-state index in [1.807, 2.05) is 42.7 Å². The van der Waals surface area contributed by atoms with Gasteiger partial charge in [0.05, 0.1) is 17.6 Å². The van der Waals surface area contributed by atoms with E-state index in [1.54, 1.807) is 6.33 Å². The monoisotopic (exact) mass is 270 g/mol. The van der Waals surface area contributed by atoms with Gasteiger partial charge in [-0.1, -0.05) is 0 Å². The number of anilines is 1. The highest BCUT2D eigenvalue weighted by molar-refractivity contribution is 6.00. The van der Waals surface area contributed by atoms with Crippen LogP contribution in [0, 0.1) is 13.8 Å². The first-order chi connectivity index (χ1) is 9.49. The van der Waals surface area contributed by atoms with Crippen LogP contribution in [0.3, 0.4) is 0 Å². The molecule has 1 aliphatic rings. The van der Waals surface area contributed by atoms with Crippen molar-refractivity contribution in [1.82, 2.24) is 9.55 Å². The number of imidazole rings is 1. The van der Waals surface area contributed by atoms with E-state index >= 15 is 0 Å². The summed E-state index contributed by atoms with van der Waals surface area (Å²) in [7, 11) is 0. The second-order valence-corrected chi connectivity index (χ2v) is 5.44. The number of nitrogens with one attached hydrogen (secondary N) is 1. The summed E-state index contributed by atoms with van der Waals surface area (Å²) in [5.74, 6) is -0.0973. The molecule has 1 aromatic carbocycles. The number of aromatic nitrogens is 2. The molecular weight excluding hydrogens is 252 g/mol. The number of benzene rings is 1. The fourth-order valence-electron chi connectivity index (χ4n) is 2.08. The highest BCUT2D eigenvalue weighted by Crippen LogP contribution is 2.33. The Bertz CT molecular complexity index is 653. The molecule has 1 amide bonds. The van der Waals surface area contributed by atoms with Gasteiger partial charge in [-0.2, -0.15) is 0 Å². The number of hydrogen-bond acceptors (Lipinski definition) is 3. The molecule has 0 saturated heterocycles. The van der Waals surface area contributed by atoms with E-state index in [2.05, 4.69) is 10.3 Å². The summed E-state index contributed by atoms with van der Waals surface area (Å²) >= 11 is 0. The van der Waals surface area contributed by atoms with Gasteiger partial charge in [-0.25, -0.2) is 4.98 Å². The SMILES string of the molecule is Cc1ncn(-c2ccc(NC(=O)C3(N)CC3)cc2)c1C. The van der Waals surface area contributed by atoms with Gasteiger partial charge < -0.3 is 15.6 Å². The summed E-state index contributed by atoms with van der Waals surface area (Å²) in [5, 5.41) is 2.85. The molecule has 0 atom stereocenters. The normalized spacial score (nSPS) is 15.9. The standard InChI is InChI=1S/C15H18N4O/c1-10-11(2)19(9-17-10)13-5-3-12(4-6-13)18-14(20)15(16)7-8-15/h3-6,9H,7-8,16H2,1-2H3,(H,18,20). The third kappa shape index (κ3) is 2.20. The number of nitrogens with zero attached hydrogens (tertiary/aromatic N) is 2. The quantitative estimate of drug-likeness (QED) is 0.895. The molecule has 3 rings (SSSR count). The zero-order valence-electron chi connectivity index (χ0n) is 11.7. The van der Waals surface area contributed by atoms with Crippen molar-refractivity contribution in [3.05, 3.63) is 42.0 Å². The van der Waals surface area contributed by atoms with Crippen molar-refractivity contribution in [2.75, 3.05) is 5.32 Å². The van der Waals surface area contributed by atoms with E-state index in [0.717, 1.165) is 35.6 Å². The Hall–Kier alpha value is -2.14. The number of amides is 1. The molecule has 5 heteroatoms. The molecule has 1 heterocycles. The van der Waals surface area contributed by atoms with Crippen LogP contribution in [0.4, 0.5) is 5.69 Å². The fourth-order valence-corrected chi connectivity index (χ4v) is 2.08. The average molecular weight is 270 g/mol. The van der Waals surface area contributed by atoms with Gasteiger partial charge in [0.2, 0.25) is 5.91 Å². The van der Waals surface area contributed by atoms with Crippen LogP contribution in [0.15, 0.2) is 30.6 Å². The maximum Gasteiger partial charge on any atom is 0.244 e. The van der Waals surface area contributed by atoms with Crippen LogP contribution in [0.25, 0.3) is 5.69 Å². The molecule has 0 spiro atoms. The molecule has 0 bridgehead atoms. The maximum absolute atomic E-state index is 11.9. The minimum atomic E-state index is -0.642. The highest BCUT2D eigenvalue weighted by Gasteiger charge is 2.45. The minimum absolute atomic E-state index is 0.0973. The molecule has 0 aliphatic heterocycles. The first-order valence-corrected chi connectivity index (χ1v) is 6.71. The summed E-state index contributed by atoms with van der Waals surface area (Å²) in [6, 6.07) is 7.68. The van der Waals surface area contributed by atoms with E-state index in [0.29, 0.717) is 0 Å². The number of carbonyl (C=O) groups is 1. The van der Waals surface area contributed by atoms with Crippen molar-refractivity contribution >= 4 is 11.6 Å². The van der Waals surface area contributed by atoms with Gasteiger partial charge >= 0.3 is 0 Å². The zero-order valence-corrected chi connectivity index (χ0v) is 11.7. The Morgan fingerprint density at radius 2 is 1.95 bits per heavy atom. The van der Waals surface area contributed by atoms with E-state index in [1.165, 1.54) is 0 Å². The summed E-state index contributed by atoms with van der Waals surface area (Å²) in [6.07, 6.45) is 3.34. The van der Waals surface area contributed by atoms with E-state index in [4.69, 9.17) is 5.73 Å². The second kappa shape index (κ2) is 4.45. The van der Waals surface area contributed by atoms with Gasteiger partial charge in [-0.3, -0.25) is 4.79 Å². The smallest absolute Gasteiger partial charge is 0.244 e. The average Bonchev–Trinajstić information content (AvgIpc) is 3.11. The first-order valence-electron chi connectivity index (χ1n) is 6.71. The molecule has 0 unspecified atom stereocenters. The van der Waals surface area contributed by atoms with Crippen LogP contribution in [-0.2, 0) is 4.79 Å². The van der Waals surface area contributed by atoms with Crippen LogP contribution in [-0.4, -0.2) is 21.0 Å². The van der Waals surface area contributed by atoms with Gasteiger partial charge in [0, 0.05) is 17.1 Å². The molecule has 1 aromatic heterocycles. The zero-order chi connectivity index (χ0) is 14.3. The topological polar surface area (TPSA) is 72.9 Å². The molecule has 1 saturated carbocycles. The Kier molecular flexibility index (Phi) is 2.87. The van der Waals surface area contributed by atoms with Crippen LogP contribution >= 0.6 is 0 Å². The molecule has 1 aliphatic carbocycles. The van der Waals surface area contributed by atoms with Crippen molar-refractivity contribution in [3.8, 4) is 5.69 Å². The van der Waals surface area contributed by atoms with Crippen molar-refractivity contribution in [2.24, 2.45) is 5.73 Å². The number of hydrogen-bond donors (Lipinski definition) is 2. The van der Waals surface area contributed by atoms with E-state index in [-0.39, 0.29) is 5.91 Å². The third-order valence-corrected chi connectivity index (χ3v) is 3.90. The maximum atomic E-state index is 11.9. The molecule has 2 aromatic rings. The van der Waals surface area contributed by atoms with Crippen molar-refractivity contribution in [1.29, 1.82) is 0 Å². The third-order valence-electron chi connectivity index (χ3n) is 3.90. The first kappa shape index (κ1) is 12.9. The molecule has 0 radical (unpaired) electrons.